The number of amides is 1. The molecule has 0 aliphatic carbocycles. The van der Waals surface area contributed by atoms with Crippen molar-refractivity contribution >= 4 is 33.8 Å². The van der Waals surface area contributed by atoms with E-state index in [0.717, 1.165) is 27.7 Å². The number of aryl methyl sites for hydroxylation is 4. The van der Waals surface area contributed by atoms with Crippen molar-refractivity contribution in [3.63, 3.8) is 0 Å². The fourth-order valence-electron chi connectivity index (χ4n) is 3.23. The van der Waals surface area contributed by atoms with Crippen LogP contribution < -0.4 is 10.9 Å². The molecule has 142 valence electrons. The van der Waals surface area contributed by atoms with Crippen molar-refractivity contribution in [3.05, 3.63) is 44.5 Å². The van der Waals surface area contributed by atoms with Gasteiger partial charge in [-0.05, 0) is 44.9 Å². The Labute approximate surface area is 155 Å². The van der Waals surface area contributed by atoms with Gasteiger partial charge >= 0.3 is 11.6 Å². The Hall–Kier alpha value is -3.09. The zero-order chi connectivity index (χ0) is 19.9. The molecule has 2 heterocycles. The number of carboxylic acids is 1. The minimum Gasteiger partial charge on any atom is -0.481 e. The molecule has 0 bridgehead atoms. The SMILES string of the molecule is Cc1oc2c(C)c3oc(=O)c(CC(=O)NCCC(=O)O)c(C)c3cc2c1C. The van der Waals surface area contributed by atoms with Gasteiger partial charge in [0.05, 0.1) is 18.4 Å². The molecule has 0 saturated carbocycles. The number of fused-ring (bicyclic) bond motifs is 2. The molecule has 0 aliphatic rings. The fourth-order valence-corrected chi connectivity index (χ4v) is 3.23. The first kappa shape index (κ1) is 18.7. The molecule has 1 aromatic carbocycles. The van der Waals surface area contributed by atoms with E-state index >= 15 is 0 Å². The van der Waals surface area contributed by atoms with Crippen molar-refractivity contribution in [2.24, 2.45) is 0 Å². The number of benzene rings is 1. The molecule has 7 nitrogen and oxygen atoms in total. The van der Waals surface area contributed by atoms with Gasteiger partial charge in [0.25, 0.3) is 0 Å². The van der Waals surface area contributed by atoms with Crippen LogP contribution in [0.2, 0.25) is 0 Å². The number of carbonyl (C=O) groups is 2. The summed E-state index contributed by atoms with van der Waals surface area (Å²) < 4.78 is 11.3. The fraction of sp³-hybridized carbons (Fsp3) is 0.350. The van der Waals surface area contributed by atoms with Crippen LogP contribution in [0.25, 0.3) is 21.9 Å². The highest BCUT2D eigenvalue weighted by molar-refractivity contribution is 6.00. The van der Waals surface area contributed by atoms with Crippen molar-refractivity contribution in [2.75, 3.05) is 6.54 Å². The first-order valence-corrected chi connectivity index (χ1v) is 8.64. The number of rotatable bonds is 5. The van der Waals surface area contributed by atoms with Crippen LogP contribution in [0.5, 0.6) is 0 Å². The summed E-state index contributed by atoms with van der Waals surface area (Å²) in [5, 5.41) is 12.8. The van der Waals surface area contributed by atoms with E-state index in [2.05, 4.69) is 5.32 Å². The second kappa shape index (κ2) is 6.90. The summed E-state index contributed by atoms with van der Waals surface area (Å²) in [5.41, 5.74) is 3.29. The second-order valence-electron chi connectivity index (χ2n) is 6.70. The quantitative estimate of drug-likeness (QED) is 0.667. The maximum atomic E-state index is 12.5. The third kappa shape index (κ3) is 3.32. The molecule has 0 spiro atoms. The molecule has 3 aromatic rings. The van der Waals surface area contributed by atoms with Crippen LogP contribution in [-0.4, -0.2) is 23.5 Å². The number of hydrogen-bond acceptors (Lipinski definition) is 5. The van der Waals surface area contributed by atoms with Crippen molar-refractivity contribution in [1.82, 2.24) is 5.32 Å². The molecule has 2 N–H and O–H groups in total. The molecule has 0 saturated heterocycles. The molecule has 0 unspecified atom stereocenters. The molecule has 0 aliphatic heterocycles. The monoisotopic (exact) mass is 371 g/mol. The van der Waals surface area contributed by atoms with Gasteiger partial charge in [0.2, 0.25) is 5.91 Å². The number of carbonyl (C=O) groups excluding carboxylic acids is 1. The van der Waals surface area contributed by atoms with Gasteiger partial charge in [-0.1, -0.05) is 0 Å². The molecule has 3 rings (SSSR count). The smallest absolute Gasteiger partial charge is 0.340 e. The normalized spacial score (nSPS) is 11.3. The highest BCUT2D eigenvalue weighted by atomic mass is 16.4. The Morgan fingerprint density at radius 3 is 2.30 bits per heavy atom. The maximum absolute atomic E-state index is 12.5. The predicted octanol–water partition coefficient (Wildman–Crippen LogP) is 2.91. The Kier molecular flexibility index (Phi) is 4.78. The molecular formula is C20H21NO6. The summed E-state index contributed by atoms with van der Waals surface area (Å²) in [6, 6.07) is 1.92. The lowest BCUT2D eigenvalue weighted by Gasteiger charge is -2.10. The van der Waals surface area contributed by atoms with E-state index in [0.29, 0.717) is 16.7 Å². The second-order valence-corrected chi connectivity index (χ2v) is 6.70. The average Bonchev–Trinajstić information content (AvgIpc) is 2.88. The molecule has 0 radical (unpaired) electrons. The summed E-state index contributed by atoms with van der Waals surface area (Å²) in [5.74, 6) is -0.609. The van der Waals surface area contributed by atoms with Gasteiger partial charge in [-0.2, -0.15) is 0 Å². The largest absolute Gasteiger partial charge is 0.481 e. The van der Waals surface area contributed by atoms with E-state index in [9.17, 15) is 14.4 Å². The van der Waals surface area contributed by atoms with Crippen molar-refractivity contribution in [1.29, 1.82) is 0 Å². The standard InChI is InChI=1S/C20H21NO6/c1-9-12(4)26-18-11(3)19-14(7-13(9)18)10(2)15(20(25)27-19)8-16(22)21-6-5-17(23)24/h7H,5-6,8H2,1-4H3,(H,21,22)(H,23,24). The number of carboxylic acid groups (broad SMARTS) is 1. The summed E-state index contributed by atoms with van der Waals surface area (Å²) in [6.45, 7) is 7.49. The lowest BCUT2D eigenvalue weighted by molar-refractivity contribution is -0.136. The number of hydrogen-bond donors (Lipinski definition) is 2. The van der Waals surface area contributed by atoms with Crippen LogP contribution in [0.4, 0.5) is 0 Å². The van der Waals surface area contributed by atoms with Crippen LogP contribution in [-0.2, 0) is 16.0 Å². The van der Waals surface area contributed by atoms with Crippen LogP contribution in [0.15, 0.2) is 19.7 Å². The van der Waals surface area contributed by atoms with E-state index in [1.807, 2.05) is 26.8 Å². The first-order chi connectivity index (χ1) is 12.7. The molecule has 27 heavy (non-hydrogen) atoms. The van der Waals surface area contributed by atoms with Gasteiger partial charge in [-0.3, -0.25) is 9.59 Å². The number of aliphatic carboxylic acids is 1. The summed E-state index contributed by atoms with van der Waals surface area (Å²) in [6.07, 6.45) is -0.336. The highest BCUT2D eigenvalue weighted by Crippen LogP contribution is 2.34. The van der Waals surface area contributed by atoms with Crippen molar-refractivity contribution in [3.8, 4) is 0 Å². The Morgan fingerprint density at radius 1 is 1.00 bits per heavy atom. The molecular weight excluding hydrogens is 350 g/mol. The van der Waals surface area contributed by atoms with E-state index in [4.69, 9.17) is 13.9 Å². The number of nitrogens with one attached hydrogen (secondary N) is 1. The zero-order valence-corrected chi connectivity index (χ0v) is 15.7. The molecule has 0 fully saturated rings. The maximum Gasteiger partial charge on any atom is 0.340 e. The number of furan rings is 1. The van der Waals surface area contributed by atoms with Gasteiger partial charge in [-0.25, -0.2) is 4.79 Å². The van der Waals surface area contributed by atoms with E-state index in [1.165, 1.54) is 0 Å². The molecule has 0 atom stereocenters. The van der Waals surface area contributed by atoms with Crippen LogP contribution in [0.3, 0.4) is 0 Å². The topological polar surface area (TPSA) is 110 Å². The third-order valence-corrected chi connectivity index (χ3v) is 4.94. The third-order valence-electron chi connectivity index (χ3n) is 4.94. The van der Waals surface area contributed by atoms with Crippen LogP contribution >= 0.6 is 0 Å². The van der Waals surface area contributed by atoms with Gasteiger partial charge in [0.15, 0.2) is 0 Å². The highest BCUT2D eigenvalue weighted by Gasteiger charge is 2.20. The summed E-state index contributed by atoms with van der Waals surface area (Å²) in [7, 11) is 0. The first-order valence-electron chi connectivity index (χ1n) is 8.64. The molecule has 1 amide bonds. The van der Waals surface area contributed by atoms with Crippen molar-refractivity contribution < 1.29 is 23.5 Å². The summed E-state index contributed by atoms with van der Waals surface area (Å²) in [4.78, 5) is 35.1. The van der Waals surface area contributed by atoms with E-state index < -0.39 is 17.5 Å². The van der Waals surface area contributed by atoms with Gasteiger partial charge in [0.1, 0.15) is 16.9 Å². The summed E-state index contributed by atoms with van der Waals surface area (Å²) >= 11 is 0. The minimum atomic E-state index is -0.998. The molecule has 2 aromatic heterocycles. The Balaban J connectivity index is 2.06. The van der Waals surface area contributed by atoms with Crippen LogP contribution in [0.1, 0.15) is 34.4 Å². The lowest BCUT2D eigenvalue weighted by atomic mass is 9.99. The molecule has 7 heteroatoms. The predicted molar refractivity (Wildman–Crippen MR) is 100 cm³/mol. The van der Waals surface area contributed by atoms with Gasteiger partial charge < -0.3 is 19.3 Å². The average molecular weight is 371 g/mol. The van der Waals surface area contributed by atoms with Gasteiger partial charge in [-0.15, -0.1) is 0 Å². The van der Waals surface area contributed by atoms with Crippen LogP contribution in [0, 0.1) is 27.7 Å². The van der Waals surface area contributed by atoms with Crippen molar-refractivity contribution in [2.45, 2.75) is 40.5 Å². The van der Waals surface area contributed by atoms with Gasteiger partial charge in [0, 0.05) is 22.9 Å². The Bertz CT molecular complexity index is 1140. The minimum absolute atomic E-state index is 0.0132. The van der Waals surface area contributed by atoms with E-state index in [1.54, 1.807) is 6.92 Å². The Morgan fingerprint density at radius 2 is 1.63 bits per heavy atom. The lowest BCUT2D eigenvalue weighted by Crippen LogP contribution is -2.29. The zero-order valence-electron chi connectivity index (χ0n) is 15.7. The van der Waals surface area contributed by atoms with E-state index in [-0.39, 0.29) is 24.9 Å².